The Balaban J connectivity index is 1.26. The first-order chi connectivity index (χ1) is 27.8. The maximum Gasteiger partial charge on any atom is 0.0433 e. The van der Waals surface area contributed by atoms with Crippen LogP contribution in [0.5, 0.6) is 0 Å². The fourth-order valence-electron chi connectivity index (χ4n) is 9.79. The summed E-state index contributed by atoms with van der Waals surface area (Å²) in [6, 6.07) is 68.6. The summed E-state index contributed by atoms with van der Waals surface area (Å²) in [5, 5.41) is 20.8. The molecule has 258 valence electrons. The molecule has 0 radical (unpaired) electrons. The number of hydrogen-bond acceptors (Lipinski definition) is 2. The molecule has 2 aromatic heterocycles. The molecule has 0 N–H and O–H groups in total. The Hall–Kier alpha value is -6.58. The Morgan fingerprint density at radius 2 is 0.518 bits per heavy atom. The van der Waals surface area contributed by atoms with E-state index in [1.165, 1.54) is 127 Å². The molecule has 0 fully saturated rings. The van der Waals surface area contributed by atoms with E-state index in [1.54, 1.807) is 0 Å². The van der Waals surface area contributed by atoms with Gasteiger partial charge in [-0.1, -0.05) is 146 Å². The van der Waals surface area contributed by atoms with Crippen LogP contribution in [0.4, 0.5) is 0 Å². The lowest BCUT2D eigenvalue weighted by Crippen LogP contribution is -1.91. The summed E-state index contributed by atoms with van der Waals surface area (Å²) < 4.78 is 5.34. The van der Waals surface area contributed by atoms with E-state index in [9.17, 15) is 0 Å². The lowest BCUT2D eigenvalue weighted by Gasteiger charge is -2.19. The van der Waals surface area contributed by atoms with Crippen LogP contribution >= 0.6 is 22.7 Å². The second kappa shape index (κ2) is 11.5. The van der Waals surface area contributed by atoms with Crippen LogP contribution in [-0.2, 0) is 0 Å². The normalized spacial score (nSPS) is 12.3. The molecule has 0 saturated heterocycles. The summed E-state index contributed by atoms with van der Waals surface area (Å²) in [5.41, 5.74) is 5.09. The number of fused-ring (bicyclic) bond motifs is 14. The van der Waals surface area contributed by atoms with Crippen molar-refractivity contribution in [3.63, 3.8) is 0 Å². The molecule has 0 aliphatic carbocycles. The first kappa shape index (κ1) is 30.7. The predicted octanol–water partition coefficient (Wildman–Crippen LogP) is 16.7. The number of rotatable bonds is 2. The van der Waals surface area contributed by atoms with Crippen molar-refractivity contribution < 1.29 is 0 Å². The van der Waals surface area contributed by atoms with Gasteiger partial charge >= 0.3 is 0 Å². The van der Waals surface area contributed by atoms with Crippen LogP contribution in [0.1, 0.15) is 0 Å². The van der Waals surface area contributed by atoms with Crippen LogP contribution in [0.15, 0.2) is 182 Å². The van der Waals surface area contributed by atoms with Crippen molar-refractivity contribution in [3.05, 3.63) is 182 Å². The van der Waals surface area contributed by atoms with Crippen molar-refractivity contribution in [2.45, 2.75) is 0 Å². The van der Waals surface area contributed by atoms with Crippen LogP contribution in [0, 0.1) is 0 Å². The predicted molar refractivity (Wildman–Crippen MR) is 248 cm³/mol. The van der Waals surface area contributed by atoms with E-state index in [1.807, 2.05) is 22.7 Å². The van der Waals surface area contributed by atoms with E-state index in [4.69, 9.17) is 0 Å². The monoisotopic (exact) mass is 742 g/mol. The highest BCUT2D eigenvalue weighted by Gasteiger charge is 2.21. The minimum Gasteiger partial charge on any atom is -0.135 e. The van der Waals surface area contributed by atoms with Gasteiger partial charge in [0.1, 0.15) is 0 Å². The van der Waals surface area contributed by atoms with Gasteiger partial charge in [-0.2, -0.15) is 0 Å². The smallest absolute Gasteiger partial charge is 0.0433 e. The summed E-state index contributed by atoms with van der Waals surface area (Å²) in [6.45, 7) is 0. The van der Waals surface area contributed by atoms with Gasteiger partial charge in [0.2, 0.25) is 0 Å². The lowest BCUT2D eigenvalue weighted by atomic mass is 9.84. The minimum atomic E-state index is 1.26. The number of thiophene rings is 2. The van der Waals surface area contributed by atoms with Gasteiger partial charge in [-0.25, -0.2) is 0 Å². The Bertz CT molecular complexity index is 3570. The van der Waals surface area contributed by atoms with Crippen LogP contribution in [0.25, 0.3) is 127 Å². The fraction of sp³-hybridized carbons (Fsp3) is 0. The Morgan fingerprint density at radius 3 is 0.875 bits per heavy atom. The molecule has 0 atom stereocenters. The molecule has 0 bridgehead atoms. The van der Waals surface area contributed by atoms with Crippen molar-refractivity contribution in [1.29, 1.82) is 0 Å². The zero-order valence-electron chi connectivity index (χ0n) is 30.1. The van der Waals surface area contributed by atoms with Gasteiger partial charge in [-0.3, -0.25) is 0 Å². The Morgan fingerprint density at radius 1 is 0.232 bits per heavy atom. The maximum absolute atomic E-state index is 2.50. The van der Waals surface area contributed by atoms with Crippen molar-refractivity contribution in [3.8, 4) is 22.3 Å². The molecule has 0 aliphatic rings. The third-order valence-electron chi connectivity index (χ3n) is 12.2. The molecule has 13 aromatic rings. The van der Waals surface area contributed by atoms with E-state index < -0.39 is 0 Å². The highest BCUT2D eigenvalue weighted by atomic mass is 32.1. The summed E-state index contributed by atoms with van der Waals surface area (Å²) in [4.78, 5) is 0. The highest BCUT2D eigenvalue weighted by molar-refractivity contribution is 7.26. The first-order valence-corrected chi connectivity index (χ1v) is 20.9. The average molecular weight is 743 g/mol. The summed E-state index contributed by atoms with van der Waals surface area (Å²) >= 11 is 3.81. The SMILES string of the molecule is c1ccc2c(c1)sc1c(-c3cc4c5ccccc5c5ccccc5c5cc(-c6cccc7c6sc6ccccc67)cc6c7ccccc7c(c3)c4c56)cccc12. The van der Waals surface area contributed by atoms with Gasteiger partial charge in [0.25, 0.3) is 0 Å². The Kier molecular flexibility index (Phi) is 6.29. The molecule has 0 nitrogen and oxygen atoms in total. The maximum atomic E-state index is 2.50. The molecular weight excluding hydrogens is 713 g/mol. The summed E-state index contributed by atoms with van der Waals surface area (Å²) in [7, 11) is 0. The van der Waals surface area contributed by atoms with E-state index in [-0.39, 0.29) is 0 Å². The van der Waals surface area contributed by atoms with Crippen molar-refractivity contribution in [1.82, 2.24) is 0 Å². The van der Waals surface area contributed by atoms with E-state index in [2.05, 4.69) is 182 Å². The van der Waals surface area contributed by atoms with Gasteiger partial charge < -0.3 is 0 Å². The molecule has 0 aliphatic heterocycles. The largest absolute Gasteiger partial charge is 0.135 e. The molecule has 2 heteroatoms. The van der Waals surface area contributed by atoms with Crippen LogP contribution in [0.2, 0.25) is 0 Å². The molecule has 2 heterocycles. The summed E-state index contributed by atoms with van der Waals surface area (Å²) in [6.07, 6.45) is 0. The molecular formula is C54H30S2. The molecule has 0 spiro atoms. The zero-order valence-corrected chi connectivity index (χ0v) is 31.8. The quantitative estimate of drug-likeness (QED) is 0.155. The third-order valence-corrected chi connectivity index (χ3v) is 14.6. The van der Waals surface area contributed by atoms with Gasteiger partial charge in [0.15, 0.2) is 0 Å². The standard InChI is InChI=1S/C54H30S2/c1-3-15-37-35(13-1)36-14-2-4-16-38(36)46-28-32(34-22-12-24-44-42-20-8-10-26-50(42)56-54(34)44)30-48-40-18-6-5-17-39(40)47-29-31(27-45(37)51(47)52(46)48)33-21-11-23-43-41-19-7-9-25-49(41)55-53(33)43/h1-30H. The van der Waals surface area contributed by atoms with Gasteiger partial charge in [-0.05, 0) is 123 Å². The van der Waals surface area contributed by atoms with Gasteiger partial charge in [0.05, 0.1) is 0 Å². The second-order valence-electron chi connectivity index (χ2n) is 15.1. The van der Waals surface area contributed by atoms with Crippen molar-refractivity contribution in [2.75, 3.05) is 0 Å². The minimum absolute atomic E-state index is 1.26. The Labute approximate surface area is 330 Å². The van der Waals surface area contributed by atoms with Gasteiger partial charge in [0, 0.05) is 40.3 Å². The van der Waals surface area contributed by atoms with E-state index in [0.717, 1.165) is 0 Å². The number of hydrogen-bond donors (Lipinski definition) is 0. The first-order valence-electron chi connectivity index (χ1n) is 19.3. The zero-order chi connectivity index (χ0) is 36.5. The lowest BCUT2D eigenvalue weighted by molar-refractivity contribution is 1.74. The van der Waals surface area contributed by atoms with Crippen LogP contribution in [0.3, 0.4) is 0 Å². The van der Waals surface area contributed by atoms with Crippen molar-refractivity contribution in [2.24, 2.45) is 0 Å². The second-order valence-corrected chi connectivity index (χ2v) is 17.2. The topological polar surface area (TPSA) is 0 Å². The molecule has 0 saturated carbocycles. The van der Waals surface area contributed by atoms with E-state index >= 15 is 0 Å². The van der Waals surface area contributed by atoms with E-state index in [0.29, 0.717) is 0 Å². The molecule has 56 heavy (non-hydrogen) atoms. The molecule has 0 unspecified atom stereocenters. The summed E-state index contributed by atoms with van der Waals surface area (Å²) in [5.74, 6) is 0. The average Bonchev–Trinajstić information content (AvgIpc) is 3.84. The van der Waals surface area contributed by atoms with Crippen LogP contribution < -0.4 is 0 Å². The van der Waals surface area contributed by atoms with Crippen molar-refractivity contribution >= 4 is 128 Å². The van der Waals surface area contributed by atoms with Crippen LogP contribution in [-0.4, -0.2) is 0 Å². The molecule has 0 amide bonds. The highest BCUT2D eigenvalue weighted by Crippen LogP contribution is 2.49. The molecule has 11 aromatic carbocycles. The number of benzene rings is 10. The third kappa shape index (κ3) is 4.18. The molecule has 13 rings (SSSR count). The fourth-order valence-corrected chi connectivity index (χ4v) is 12.3. The van der Waals surface area contributed by atoms with Gasteiger partial charge in [-0.15, -0.1) is 22.7 Å².